The molecule has 1 atom stereocenters. The Bertz CT molecular complexity index is 399. The smallest absolute Gasteiger partial charge is 0.0376 e. The van der Waals surface area contributed by atoms with Crippen LogP contribution in [0.4, 0.5) is 5.69 Å². The fourth-order valence-corrected chi connectivity index (χ4v) is 3.28. The Labute approximate surface area is 116 Å². The number of fused-ring (bicyclic) bond motifs is 1. The molecule has 0 bridgehead atoms. The Hall–Kier alpha value is -1.06. The highest BCUT2D eigenvalue weighted by Crippen LogP contribution is 2.32. The third kappa shape index (κ3) is 3.28. The summed E-state index contributed by atoms with van der Waals surface area (Å²) in [6.45, 7) is 5.85. The van der Waals surface area contributed by atoms with Gasteiger partial charge in [-0.3, -0.25) is 0 Å². The molecular formula is C16H25N3. The van der Waals surface area contributed by atoms with Crippen molar-refractivity contribution in [3.63, 3.8) is 0 Å². The first-order valence-corrected chi connectivity index (χ1v) is 7.68. The number of piperidine rings is 1. The van der Waals surface area contributed by atoms with E-state index >= 15 is 0 Å². The van der Waals surface area contributed by atoms with Crippen LogP contribution in [0, 0.1) is 5.92 Å². The molecule has 2 aliphatic rings. The molecule has 3 rings (SSSR count). The molecule has 0 aromatic heterocycles. The second-order valence-electron chi connectivity index (χ2n) is 5.85. The lowest BCUT2D eigenvalue weighted by molar-refractivity contribution is 0.355. The normalized spacial score (nSPS) is 23.1. The van der Waals surface area contributed by atoms with E-state index in [0.717, 1.165) is 19.0 Å². The quantitative estimate of drug-likeness (QED) is 0.709. The molecule has 1 fully saturated rings. The van der Waals surface area contributed by atoms with Gasteiger partial charge in [0.2, 0.25) is 0 Å². The van der Waals surface area contributed by atoms with Gasteiger partial charge < -0.3 is 16.0 Å². The van der Waals surface area contributed by atoms with Crippen molar-refractivity contribution in [2.75, 3.05) is 38.0 Å². The third-order valence-electron chi connectivity index (χ3n) is 4.50. The topological polar surface area (TPSA) is 36.1 Å². The SMILES string of the molecule is c1ccc2c(c1)NCC2CCNCC1CCNCC1. The molecule has 0 spiro atoms. The van der Waals surface area contributed by atoms with E-state index in [9.17, 15) is 0 Å². The van der Waals surface area contributed by atoms with Crippen molar-refractivity contribution >= 4 is 5.69 Å². The van der Waals surface area contributed by atoms with E-state index in [0.29, 0.717) is 5.92 Å². The molecule has 3 heteroatoms. The minimum atomic E-state index is 0.691. The van der Waals surface area contributed by atoms with Crippen LogP contribution in [0.15, 0.2) is 24.3 Å². The Morgan fingerprint density at radius 1 is 1.16 bits per heavy atom. The molecule has 1 aromatic carbocycles. The Balaban J connectivity index is 1.39. The number of hydrogen-bond donors (Lipinski definition) is 3. The Morgan fingerprint density at radius 3 is 2.89 bits per heavy atom. The van der Waals surface area contributed by atoms with Crippen molar-refractivity contribution < 1.29 is 0 Å². The fourth-order valence-electron chi connectivity index (χ4n) is 3.28. The molecule has 0 saturated carbocycles. The Kier molecular flexibility index (Phi) is 4.36. The van der Waals surface area contributed by atoms with Gasteiger partial charge in [0.25, 0.3) is 0 Å². The molecule has 2 heterocycles. The van der Waals surface area contributed by atoms with E-state index in [1.165, 1.54) is 50.1 Å². The summed E-state index contributed by atoms with van der Waals surface area (Å²) in [7, 11) is 0. The van der Waals surface area contributed by atoms with Crippen LogP contribution >= 0.6 is 0 Å². The summed E-state index contributed by atoms with van der Waals surface area (Å²) in [5.41, 5.74) is 2.84. The fraction of sp³-hybridized carbons (Fsp3) is 0.625. The van der Waals surface area contributed by atoms with Crippen molar-refractivity contribution in [3.05, 3.63) is 29.8 Å². The van der Waals surface area contributed by atoms with Crippen molar-refractivity contribution in [1.29, 1.82) is 0 Å². The average Bonchev–Trinajstić information content (AvgIpc) is 2.88. The van der Waals surface area contributed by atoms with Gasteiger partial charge in [-0.05, 0) is 63.0 Å². The number of para-hydroxylation sites is 1. The molecule has 19 heavy (non-hydrogen) atoms. The first kappa shape index (κ1) is 12.9. The summed E-state index contributed by atoms with van der Waals surface area (Å²) in [6, 6.07) is 8.73. The summed E-state index contributed by atoms with van der Waals surface area (Å²) in [5, 5.41) is 10.6. The van der Waals surface area contributed by atoms with E-state index in [1.54, 1.807) is 0 Å². The molecular weight excluding hydrogens is 234 g/mol. The van der Waals surface area contributed by atoms with Crippen LogP contribution in [0.25, 0.3) is 0 Å². The second kappa shape index (κ2) is 6.40. The molecule has 3 N–H and O–H groups in total. The minimum Gasteiger partial charge on any atom is -0.384 e. The van der Waals surface area contributed by atoms with Crippen LogP contribution in [-0.2, 0) is 0 Å². The van der Waals surface area contributed by atoms with Gasteiger partial charge in [0.05, 0.1) is 0 Å². The van der Waals surface area contributed by atoms with Crippen molar-refractivity contribution in [2.24, 2.45) is 5.92 Å². The molecule has 104 valence electrons. The predicted molar refractivity (Wildman–Crippen MR) is 80.8 cm³/mol. The zero-order valence-corrected chi connectivity index (χ0v) is 11.6. The molecule has 3 nitrogen and oxygen atoms in total. The van der Waals surface area contributed by atoms with Gasteiger partial charge in [0.1, 0.15) is 0 Å². The summed E-state index contributed by atoms with van der Waals surface area (Å²) in [6.07, 6.45) is 3.91. The molecule has 1 saturated heterocycles. The maximum atomic E-state index is 3.66. The standard InChI is InChI=1S/C16H25N3/c1-2-4-16-15(3-1)14(12-19-16)7-10-18-11-13-5-8-17-9-6-13/h1-4,13-14,17-19H,5-12H2. The van der Waals surface area contributed by atoms with E-state index < -0.39 is 0 Å². The van der Waals surface area contributed by atoms with Gasteiger partial charge >= 0.3 is 0 Å². The van der Waals surface area contributed by atoms with Gasteiger partial charge in [-0.1, -0.05) is 18.2 Å². The van der Waals surface area contributed by atoms with E-state index in [-0.39, 0.29) is 0 Å². The minimum absolute atomic E-state index is 0.691. The molecule has 0 amide bonds. The van der Waals surface area contributed by atoms with Crippen molar-refractivity contribution in [1.82, 2.24) is 10.6 Å². The van der Waals surface area contributed by atoms with Gasteiger partial charge in [0.15, 0.2) is 0 Å². The van der Waals surface area contributed by atoms with Gasteiger partial charge in [0, 0.05) is 18.2 Å². The monoisotopic (exact) mass is 259 g/mol. The second-order valence-corrected chi connectivity index (χ2v) is 5.85. The zero-order chi connectivity index (χ0) is 12.9. The predicted octanol–water partition coefficient (Wildman–Crippen LogP) is 2.17. The van der Waals surface area contributed by atoms with E-state index in [2.05, 4.69) is 40.2 Å². The van der Waals surface area contributed by atoms with Crippen LogP contribution in [0.5, 0.6) is 0 Å². The first-order chi connectivity index (χ1) is 9.43. The average molecular weight is 259 g/mol. The van der Waals surface area contributed by atoms with Crippen molar-refractivity contribution in [2.45, 2.75) is 25.2 Å². The summed E-state index contributed by atoms with van der Waals surface area (Å²) >= 11 is 0. The summed E-state index contributed by atoms with van der Waals surface area (Å²) < 4.78 is 0. The summed E-state index contributed by atoms with van der Waals surface area (Å²) in [4.78, 5) is 0. The van der Waals surface area contributed by atoms with Crippen LogP contribution in [0.3, 0.4) is 0 Å². The number of benzene rings is 1. The van der Waals surface area contributed by atoms with Gasteiger partial charge in [-0.15, -0.1) is 0 Å². The lowest BCUT2D eigenvalue weighted by Crippen LogP contribution is -2.34. The molecule has 1 unspecified atom stereocenters. The lowest BCUT2D eigenvalue weighted by atomic mass is 9.96. The highest BCUT2D eigenvalue weighted by molar-refractivity contribution is 5.57. The first-order valence-electron chi connectivity index (χ1n) is 7.68. The van der Waals surface area contributed by atoms with Crippen LogP contribution in [0.1, 0.15) is 30.7 Å². The van der Waals surface area contributed by atoms with Crippen LogP contribution in [0.2, 0.25) is 0 Å². The number of anilines is 1. The van der Waals surface area contributed by atoms with Gasteiger partial charge in [-0.25, -0.2) is 0 Å². The number of hydrogen-bond acceptors (Lipinski definition) is 3. The molecule has 0 radical (unpaired) electrons. The maximum absolute atomic E-state index is 3.66. The molecule has 0 aliphatic carbocycles. The van der Waals surface area contributed by atoms with E-state index in [4.69, 9.17) is 0 Å². The molecule has 1 aromatic rings. The van der Waals surface area contributed by atoms with Crippen molar-refractivity contribution in [3.8, 4) is 0 Å². The summed E-state index contributed by atoms with van der Waals surface area (Å²) in [5.74, 6) is 1.58. The third-order valence-corrected chi connectivity index (χ3v) is 4.50. The Morgan fingerprint density at radius 2 is 2.00 bits per heavy atom. The van der Waals surface area contributed by atoms with Crippen LogP contribution < -0.4 is 16.0 Å². The van der Waals surface area contributed by atoms with Crippen LogP contribution in [-0.4, -0.2) is 32.7 Å². The largest absolute Gasteiger partial charge is 0.384 e. The van der Waals surface area contributed by atoms with E-state index in [1.807, 2.05) is 0 Å². The maximum Gasteiger partial charge on any atom is 0.0376 e. The highest BCUT2D eigenvalue weighted by Gasteiger charge is 2.21. The highest BCUT2D eigenvalue weighted by atomic mass is 14.9. The molecule has 2 aliphatic heterocycles. The lowest BCUT2D eigenvalue weighted by Gasteiger charge is -2.23. The van der Waals surface area contributed by atoms with Gasteiger partial charge in [-0.2, -0.15) is 0 Å². The zero-order valence-electron chi connectivity index (χ0n) is 11.6. The number of nitrogens with one attached hydrogen (secondary N) is 3. The number of rotatable bonds is 5.